The molecule has 1 heterocycles. The number of benzene rings is 2. The van der Waals surface area contributed by atoms with E-state index in [1.807, 2.05) is 4.90 Å². The molecule has 3 rings (SSSR count). The van der Waals surface area contributed by atoms with Gasteiger partial charge >= 0.3 is 0 Å². The van der Waals surface area contributed by atoms with Crippen LogP contribution in [0.5, 0.6) is 5.75 Å². The van der Waals surface area contributed by atoms with Crippen molar-refractivity contribution in [2.24, 2.45) is 0 Å². The van der Waals surface area contributed by atoms with Crippen LogP contribution in [0.15, 0.2) is 48.5 Å². The molecule has 1 saturated heterocycles. The molecular weight excluding hydrogens is 344 g/mol. The highest BCUT2D eigenvalue weighted by molar-refractivity contribution is 5.96. The number of hydrogen-bond donors (Lipinski definition) is 1. The van der Waals surface area contributed by atoms with Gasteiger partial charge in [-0.2, -0.15) is 0 Å². The van der Waals surface area contributed by atoms with E-state index in [9.17, 15) is 14.4 Å². The number of amides is 2. The first-order chi connectivity index (χ1) is 13.0. The molecule has 1 fully saturated rings. The molecular formula is C21H22N2O4. The SMILES string of the molecule is CC(=O)c1ccc(OCC(=O)Nc2ccc(C(=O)N3CCCC3)cc2)cc1. The van der Waals surface area contributed by atoms with E-state index in [2.05, 4.69) is 5.32 Å². The Bertz CT molecular complexity index is 822. The summed E-state index contributed by atoms with van der Waals surface area (Å²) in [4.78, 5) is 37.4. The van der Waals surface area contributed by atoms with Gasteiger partial charge in [-0.3, -0.25) is 14.4 Å². The summed E-state index contributed by atoms with van der Waals surface area (Å²) in [7, 11) is 0. The van der Waals surface area contributed by atoms with Crippen molar-refractivity contribution in [3.63, 3.8) is 0 Å². The molecule has 0 aliphatic carbocycles. The fraction of sp³-hybridized carbons (Fsp3) is 0.286. The fourth-order valence-corrected chi connectivity index (χ4v) is 2.93. The number of carbonyl (C=O) groups excluding carboxylic acids is 3. The van der Waals surface area contributed by atoms with Crippen molar-refractivity contribution in [1.29, 1.82) is 0 Å². The first kappa shape index (κ1) is 18.6. The molecule has 0 saturated carbocycles. The van der Waals surface area contributed by atoms with Gasteiger partial charge in [0.25, 0.3) is 11.8 Å². The van der Waals surface area contributed by atoms with Crippen molar-refractivity contribution in [2.75, 3.05) is 25.0 Å². The minimum absolute atomic E-state index is 0.0223. The van der Waals surface area contributed by atoms with Gasteiger partial charge in [0.15, 0.2) is 12.4 Å². The molecule has 6 nitrogen and oxygen atoms in total. The minimum Gasteiger partial charge on any atom is -0.484 e. The number of rotatable bonds is 6. The number of hydrogen-bond acceptors (Lipinski definition) is 4. The molecule has 0 atom stereocenters. The van der Waals surface area contributed by atoms with Crippen LogP contribution in [0, 0.1) is 0 Å². The number of anilines is 1. The van der Waals surface area contributed by atoms with Crippen molar-refractivity contribution < 1.29 is 19.1 Å². The standard InChI is InChI=1S/C21H22N2O4/c1-15(24)16-6-10-19(11-7-16)27-14-20(25)22-18-8-4-17(5-9-18)21(26)23-12-2-3-13-23/h4-11H,2-3,12-14H2,1H3,(H,22,25). The Morgan fingerprint density at radius 2 is 1.52 bits per heavy atom. The molecule has 0 aromatic heterocycles. The van der Waals surface area contributed by atoms with Crippen LogP contribution in [0.2, 0.25) is 0 Å². The maximum absolute atomic E-state index is 12.3. The zero-order chi connectivity index (χ0) is 19.2. The average Bonchev–Trinajstić information content (AvgIpc) is 3.21. The van der Waals surface area contributed by atoms with Gasteiger partial charge in [0.1, 0.15) is 5.75 Å². The largest absolute Gasteiger partial charge is 0.484 e. The molecule has 0 radical (unpaired) electrons. The van der Waals surface area contributed by atoms with E-state index in [1.54, 1.807) is 48.5 Å². The number of ether oxygens (including phenoxy) is 1. The van der Waals surface area contributed by atoms with Crippen LogP contribution in [-0.4, -0.2) is 42.2 Å². The Balaban J connectivity index is 1.50. The Morgan fingerprint density at radius 1 is 0.926 bits per heavy atom. The predicted molar refractivity (Wildman–Crippen MR) is 102 cm³/mol. The molecule has 1 aliphatic heterocycles. The fourth-order valence-electron chi connectivity index (χ4n) is 2.93. The van der Waals surface area contributed by atoms with Crippen molar-refractivity contribution in [2.45, 2.75) is 19.8 Å². The molecule has 1 N–H and O–H groups in total. The lowest BCUT2D eigenvalue weighted by molar-refractivity contribution is -0.118. The summed E-state index contributed by atoms with van der Waals surface area (Å²) in [5.41, 5.74) is 1.82. The number of nitrogens with one attached hydrogen (secondary N) is 1. The normalized spacial score (nSPS) is 13.3. The Hall–Kier alpha value is -3.15. The van der Waals surface area contributed by atoms with Crippen molar-refractivity contribution >= 4 is 23.3 Å². The van der Waals surface area contributed by atoms with E-state index in [0.717, 1.165) is 25.9 Å². The lowest BCUT2D eigenvalue weighted by Crippen LogP contribution is -2.27. The number of carbonyl (C=O) groups is 3. The maximum Gasteiger partial charge on any atom is 0.262 e. The van der Waals surface area contributed by atoms with Crippen LogP contribution in [0.3, 0.4) is 0 Å². The Kier molecular flexibility index (Phi) is 5.86. The van der Waals surface area contributed by atoms with E-state index in [-0.39, 0.29) is 24.2 Å². The molecule has 2 amide bonds. The first-order valence-corrected chi connectivity index (χ1v) is 8.96. The van der Waals surface area contributed by atoms with Crippen LogP contribution in [-0.2, 0) is 4.79 Å². The third kappa shape index (κ3) is 4.94. The molecule has 0 spiro atoms. The highest BCUT2D eigenvalue weighted by Gasteiger charge is 2.19. The van der Waals surface area contributed by atoms with Crippen LogP contribution >= 0.6 is 0 Å². The molecule has 2 aromatic carbocycles. The van der Waals surface area contributed by atoms with Gasteiger partial charge in [0.2, 0.25) is 0 Å². The van der Waals surface area contributed by atoms with Gasteiger partial charge in [-0.15, -0.1) is 0 Å². The first-order valence-electron chi connectivity index (χ1n) is 8.96. The van der Waals surface area contributed by atoms with Crippen LogP contribution in [0.25, 0.3) is 0 Å². The molecule has 0 bridgehead atoms. The van der Waals surface area contributed by atoms with E-state index in [1.165, 1.54) is 6.92 Å². The molecule has 1 aliphatic rings. The third-order valence-corrected chi connectivity index (χ3v) is 4.44. The number of nitrogens with zero attached hydrogens (tertiary/aromatic N) is 1. The summed E-state index contributed by atoms with van der Waals surface area (Å²) in [5.74, 6) is 0.222. The van der Waals surface area contributed by atoms with Crippen LogP contribution in [0.4, 0.5) is 5.69 Å². The maximum atomic E-state index is 12.3. The lowest BCUT2D eigenvalue weighted by Gasteiger charge is -2.15. The summed E-state index contributed by atoms with van der Waals surface area (Å²) in [6.07, 6.45) is 2.11. The van der Waals surface area contributed by atoms with E-state index >= 15 is 0 Å². The van der Waals surface area contributed by atoms with Gasteiger partial charge in [0, 0.05) is 29.9 Å². The topological polar surface area (TPSA) is 75.7 Å². The van der Waals surface area contributed by atoms with Gasteiger partial charge in [-0.1, -0.05) is 0 Å². The summed E-state index contributed by atoms with van der Waals surface area (Å²) in [6, 6.07) is 13.5. The van der Waals surface area contributed by atoms with E-state index < -0.39 is 0 Å². The van der Waals surface area contributed by atoms with Crippen LogP contribution in [0.1, 0.15) is 40.5 Å². The molecule has 140 valence electrons. The summed E-state index contributed by atoms with van der Waals surface area (Å²) in [6.45, 7) is 2.96. The molecule has 6 heteroatoms. The summed E-state index contributed by atoms with van der Waals surface area (Å²) < 4.78 is 5.42. The Labute approximate surface area is 158 Å². The average molecular weight is 366 g/mol. The minimum atomic E-state index is -0.302. The second-order valence-corrected chi connectivity index (χ2v) is 6.49. The zero-order valence-electron chi connectivity index (χ0n) is 15.2. The monoisotopic (exact) mass is 366 g/mol. The zero-order valence-corrected chi connectivity index (χ0v) is 15.2. The third-order valence-electron chi connectivity index (χ3n) is 4.44. The predicted octanol–water partition coefficient (Wildman–Crippen LogP) is 3.14. The second kappa shape index (κ2) is 8.49. The van der Waals surface area contributed by atoms with Gasteiger partial charge in [-0.05, 0) is 68.3 Å². The van der Waals surface area contributed by atoms with E-state index in [0.29, 0.717) is 22.6 Å². The molecule has 2 aromatic rings. The van der Waals surface area contributed by atoms with Gasteiger partial charge < -0.3 is 15.0 Å². The number of Topliss-reactive ketones (excluding diaryl/α,β-unsaturated/α-hetero) is 1. The highest BCUT2D eigenvalue weighted by atomic mass is 16.5. The van der Waals surface area contributed by atoms with Crippen LogP contribution < -0.4 is 10.1 Å². The summed E-state index contributed by atoms with van der Waals surface area (Å²) in [5, 5.41) is 2.73. The highest BCUT2D eigenvalue weighted by Crippen LogP contribution is 2.16. The van der Waals surface area contributed by atoms with Crippen molar-refractivity contribution in [3.8, 4) is 5.75 Å². The van der Waals surface area contributed by atoms with Gasteiger partial charge in [-0.25, -0.2) is 0 Å². The second-order valence-electron chi connectivity index (χ2n) is 6.49. The van der Waals surface area contributed by atoms with Gasteiger partial charge in [0.05, 0.1) is 0 Å². The quantitative estimate of drug-likeness (QED) is 0.797. The van der Waals surface area contributed by atoms with E-state index in [4.69, 9.17) is 4.74 Å². The smallest absolute Gasteiger partial charge is 0.262 e. The number of likely N-dealkylation sites (tertiary alicyclic amines) is 1. The molecule has 27 heavy (non-hydrogen) atoms. The van der Waals surface area contributed by atoms with Crippen molar-refractivity contribution in [3.05, 3.63) is 59.7 Å². The molecule has 0 unspecified atom stereocenters. The number of ketones is 1. The lowest BCUT2D eigenvalue weighted by atomic mass is 10.1. The summed E-state index contributed by atoms with van der Waals surface area (Å²) >= 11 is 0. The Morgan fingerprint density at radius 3 is 2.11 bits per heavy atom. The van der Waals surface area contributed by atoms with Crippen molar-refractivity contribution in [1.82, 2.24) is 4.90 Å².